The van der Waals surface area contributed by atoms with Crippen LogP contribution in [0.3, 0.4) is 0 Å². The summed E-state index contributed by atoms with van der Waals surface area (Å²) in [5.41, 5.74) is 3.19. The van der Waals surface area contributed by atoms with Crippen molar-refractivity contribution in [1.82, 2.24) is 5.32 Å². The van der Waals surface area contributed by atoms with Crippen LogP contribution in [0.25, 0.3) is 0 Å². The Bertz CT molecular complexity index is 1090. The number of hydrogen-bond donors (Lipinski definition) is 3. The molecule has 0 fully saturated rings. The molecule has 8 nitrogen and oxygen atoms in total. The topological polar surface area (TPSA) is 91.9 Å². The lowest BCUT2D eigenvalue weighted by Gasteiger charge is -2.19. The second kappa shape index (κ2) is 10.9. The quantitative estimate of drug-likeness (QED) is 0.477. The molecule has 0 saturated carbocycles. The SMILES string of the molecule is COc1cc(NC(=O)Nc2ccc(N(C)C)c(C(=O)NCc3ccccc3)c2)cc(OC)c1. The fourth-order valence-corrected chi connectivity index (χ4v) is 3.23. The van der Waals surface area contributed by atoms with Gasteiger partial charge in [-0.2, -0.15) is 0 Å². The van der Waals surface area contributed by atoms with Crippen molar-refractivity contribution >= 4 is 29.0 Å². The zero-order valence-corrected chi connectivity index (χ0v) is 19.1. The lowest BCUT2D eigenvalue weighted by Crippen LogP contribution is -2.26. The minimum Gasteiger partial charge on any atom is -0.497 e. The summed E-state index contributed by atoms with van der Waals surface area (Å²) in [6, 6.07) is 19.5. The molecule has 0 aliphatic carbocycles. The van der Waals surface area contributed by atoms with Crippen LogP contribution in [0.5, 0.6) is 11.5 Å². The average Bonchev–Trinajstić information content (AvgIpc) is 2.82. The molecule has 0 heterocycles. The van der Waals surface area contributed by atoms with Crippen molar-refractivity contribution in [3.8, 4) is 11.5 Å². The standard InChI is InChI=1S/C25H28N4O4/c1-29(2)23-11-10-18(14-22(23)24(30)26-16-17-8-6-5-7-9-17)27-25(31)28-19-12-20(32-3)15-21(13-19)33-4/h5-15H,16H2,1-4H3,(H,26,30)(H2,27,28,31). The first kappa shape index (κ1) is 23.5. The zero-order chi connectivity index (χ0) is 23.8. The highest BCUT2D eigenvalue weighted by Crippen LogP contribution is 2.27. The van der Waals surface area contributed by atoms with E-state index in [1.54, 1.807) is 36.4 Å². The smallest absolute Gasteiger partial charge is 0.323 e. The molecular formula is C25H28N4O4. The highest BCUT2D eigenvalue weighted by Gasteiger charge is 2.15. The molecule has 0 aliphatic heterocycles. The number of hydrogen-bond acceptors (Lipinski definition) is 5. The number of nitrogens with zero attached hydrogens (tertiary/aromatic N) is 1. The molecule has 3 aromatic rings. The number of methoxy groups -OCH3 is 2. The normalized spacial score (nSPS) is 10.2. The number of carbonyl (C=O) groups is 2. The van der Waals surface area contributed by atoms with Gasteiger partial charge in [-0.05, 0) is 23.8 Å². The number of rotatable bonds is 8. The molecule has 0 bridgehead atoms. The monoisotopic (exact) mass is 448 g/mol. The van der Waals surface area contributed by atoms with E-state index in [4.69, 9.17) is 9.47 Å². The number of anilines is 3. The van der Waals surface area contributed by atoms with Gasteiger partial charge in [0.05, 0.1) is 19.8 Å². The highest BCUT2D eigenvalue weighted by molar-refractivity contribution is 6.04. The first-order chi connectivity index (χ1) is 15.9. The minimum absolute atomic E-state index is 0.232. The second-order valence-electron chi connectivity index (χ2n) is 7.48. The van der Waals surface area contributed by atoms with Gasteiger partial charge in [-0.25, -0.2) is 4.79 Å². The van der Waals surface area contributed by atoms with Gasteiger partial charge in [-0.1, -0.05) is 30.3 Å². The van der Waals surface area contributed by atoms with Crippen LogP contribution in [0.15, 0.2) is 66.7 Å². The Labute approximate surface area is 193 Å². The Morgan fingerprint density at radius 3 is 2.06 bits per heavy atom. The second-order valence-corrected chi connectivity index (χ2v) is 7.48. The van der Waals surface area contributed by atoms with Crippen LogP contribution < -0.4 is 30.3 Å². The Kier molecular flexibility index (Phi) is 7.75. The van der Waals surface area contributed by atoms with Crippen LogP contribution >= 0.6 is 0 Å². The van der Waals surface area contributed by atoms with Gasteiger partial charge in [-0.3, -0.25) is 4.79 Å². The number of urea groups is 1. The summed E-state index contributed by atoms with van der Waals surface area (Å²) in [5, 5.41) is 8.46. The Morgan fingerprint density at radius 1 is 0.818 bits per heavy atom. The molecule has 33 heavy (non-hydrogen) atoms. The molecule has 0 spiro atoms. The Balaban J connectivity index is 1.74. The summed E-state index contributed by atoms with van der Waals surface area (Å²) in [6.45, 7) is 0.405. The van der Waals surface area contributed by atoms with Crippen molar-refractivity contribution in [1.29, 1.82) is 0 Å². The molecule has 3 N–H and O–H groups in total. The van der Waals surface area contributed by atoms with E-state index >= 15 is 0 Å². The van der Waals surface area contributed by atoms with Crippen LogP contribution in [0.1, 0.15) is 15.9 Å². The number of benzene rings is 3. The van der Waals surface area contributed by atoms with Crippen LogP contribution in [0.4, 0.5) is 21.9 Å². The van der Waals surface area contributed by atoms with Crippen molar-refractivity contribution in [3.63, 3.8) is 0 Å². The minimum atomic E-state index is -0.460. The summed E-state index contributed by atoms with van der Waals surface area (Å²) in [4.78, 5) is 27.3. The number of amides is 3. The van der Waals surface area contributed by atoms with Gasteiger partial charge in [0, 0.05) is 55.9 Å². The molecule has 0 atom stereocenters. The van der Waals surface area contributed by atoms with E-state index in [1.165, 1.54) is 14.2 Å². The molecule has 3 amide bonds. The molecule has 0 unspecified atom stereocenters. The summed E-state index contributed by atoms with van der Waals surface area (Å²) in [6.07, 6.45) is 0. The zero-order valence-electron chi connectivity index (χ0n) is 19.1. The molecule has 0 saturated heterocycles. The van der Waals surface area contributed by atoms with Crippen LogP contribution in [-0.2, 0) is 6.54 Å². The van der Waals surface area contributed by atoms with E-state index in [0.29, 0.717) is 35.0 Å². The molecule has 0 aromatic heterocycles. The third-order valence-electron chi connectivity index (χ3n) is 4.89. The van der Waals surface area contributed by atoms with Gasteiger partial charge in [0.1, 0.15) is 11.5 Å². The molecule has 0 aliphatic rings. The van der Waals surface area contributed by atoms with E-state index in [2.05, 4.69) is 16.0 Å². The first-order valence-electron chi connectivity index (χ1n) is 10.3. The summed E-state index contributed by atoms with van der Waals surface area (Å²) >= 11 is 0. The average molecular weight is 449 g/mol. The molecular weight excluding hydrogens is 420 g/mol. The van der Waals surface area contributed by atoms with E-state index < -0.39 is 6.03 Å². The van der Waals surface area contributed by atoms with Gasteiger partial charge in [0.25, 0.3) is 5.91 Å². The van der Waals surface area contributed by atoms with Crippen LogP contribution in [0, 0.1) is 0 Å². The molecule has 0 radical (unpaired) electrons. The summed E-state index contributed by atoms with van der Waals surface area (Å²) in [7, 11) is 6.79. The van der Waals surface area contributed by atoms with E-state index in [1.807, 2.05) is 49.3 Å². The van der Waals surface area contributed by atoms with Crippen molar-refractivity contribution in [2.45, 2.75) is 6.54 Å². The third-order valence-corrected chi connectivity index (χ3v) is 4.89. The fraction of sp³-hybridized carbons (Fsp3) is 0.200. The molecule has 3 rings (SSSR count). The lowest BCUT2D eigenvalue weighted by molar-refractivity contribution is 0.0951. The molecule has 8 heteroatoms. The van der Waals surface area contributed by atoms with E-state index in [-0.39, 0.29) is 5.91 Å². The van der Waals surface area contributed by atoms with Gasteiger partial charge < -0.3 is 30.3 Å². The van der Waals surface area contributed by atoms with Crippen molar-refractivity contribution in [3.05, 3.63) is 77.9 Å². The van der Waals surface area contributed by atoms with E-state index in [0.717, 1.165) is 11.3 Å². The Morgan fingerprint density at radius 2 is 1.45 bits per heavy atom. The highest BCUT2D eigenvalue weighted by atomic mass is 16.5. The number of nitrogens with one attached hydrogen (secondary N) is 3. The largest absolute Gasteiger partial charge is 0.497 e. The van der Waals surface area contributed by atoms with Crippen molar-refractivity contribution in [2.75, 3.05) is 43.8 Å². The maximum absolute atomic E-state index is 12.9. The van der Waals surface area contributed by atoms with Gasteiger partial charge in [0.2, 0.25) is 0 Å². The van der Waals surface area contributed by atoms with Gasteiger partial charge in [0.15, 0.2) is 0 Å². The first-order valence-corrected chi connectivity index (χ1v) is 10.3. The Hall–Kier alpha value is -4.20. The molecule has 3 aromatic carbocycles. The number of carbonyl (C=O) groups excluding carboxylic acids is 2. The van der Waals surface area contributed by atoms with Gasteiger partial charge >= 0.3 is 6.03 Å². The van der Waals surface area contributed by atoms with E-state index in [9.17, 15) is 9.59 Å². The summed E-state index contributed by atoms with van der Waals surface area (Å²) < 4.78 is 10.5. The predicted molar refractivity (Wildman–Crippen MR) is 131 cm³/mol. The predicted octanol–water partition coefficient (Wildman–Crippen LogP) is 4.34. The number of ether oxygens (including phenoxy) is 2. The van der Waals surface area contributed by atoms with Crippen LogP contribution in [-0.4, -0.2) is 40.3 Å². The summed E-state index contributed by atoms with van der Waals surface area (Å²) in [5.74, 6) is 0.874. The lowest BCUT2D eigenvalue weighted by atomic mass is 10.1. The van der Waals surface area contributed by atoms with Crippen LogP contribution in [0.2, 0.25) is 0 Å². The molecule has 172 valence electrons. The maximum atomic E-state index is 12.9. The van der Waals surface area contributed by atoms with Gasteiger partial charge in [-0.15, -0.1) is 0 Å². The van der Waals surface area contributed by atoms with Crippen molar-refractivity contribution < 1.29 is 19.1 Å². The van der Waals surface area contributed by atoms with Crippen molar-refractivity contribution in [2.24, 2.45) is 0 Å². The fourth-order valence-electron chi connectivity index (χ4n) is 3.23. The maximum Gasteiger partial charge on any atom is 0.323 e. The third kappa shape index (κ3) is 6.39.